The quantitative estimate of drug-likeness (QED) is 0.893. The molecular weight excluding hydrogens is 273 g/mol. The SMILES string of the molecule is CC(C)COC(=O)Nc1ccc(CN)cc1C(F)(F)F. The minimum Gasteiger partial charge on any atom is -0.449 e. The second-order valence-electron chi connectivity index (χ2n) is 4.70. The molecule has 0 heterocycles. The Kier molecular flexibility index (Phi) is 5.38. The summed E-state index contributed by atoms with van der Waals surface area (Å²) in [5.74, 6) is 0.0995. The summed E-state index contributed by atoms with van der Waals surface area (Å²) < 4.78 is 43.5. The van der Waals surface area contributed by atoms with Crippen LogP contribution in [0.15, 0.2) is 18.2 Å². The molecule has 1 amide bonds. The second-order valence-corrected chi connectivity index (χ2v) is 4.70. The van der Waals surface area contributed by atoms with Gasteiger partial charge in [-0.25, -0.2) is 4.79 Å². The van der Waals surface area contributed by atoms with Crippen LogP contribution in [0.25, 0.3) is 0 Å². The van der Waals surface area contributed by atoms with Crippen LogP contribution in [-0.2, 0) is 17.5 Å². The van der Waals surface area contributed by atoms with Gasteiger partial charge in [-0.15, -0.1) is 0 Å². The van der Waals surface area contributed by atoms with Gasteiger partial charge in [0.25, 0.3) is 0 Å². The van der Waals surface area contributed by atoms with Crippen molar-refractivity contribution in [2.45, 2.75) is 26.6 Å². The van der Waals surface area contributed by atoms with Gasteiger partial charge in [-0.05, 0) is 23.6 Å². The van der Waals surface area contributed by atoms with Crippen LogP contribution in [-0.4, -0.2) is 12.7 Å². The van der Waals surface area contributed by atoms with E-state index in [1.54, 1.807) is 0 Å². The number of hydrogen-bond acceptors (Lipinski definition) is 3. The molecule has 1 aromatic carbocycles. The first kappa shape index (κ1) is 16.3. The van der Waals surface area contributed by atoms with Gasteiger partial charge in [0.15, 0.2) is 0 Å². The van der Waals surface area contributed by atoms with E-state index in [9.17, 15) is 18.0 Å². The molecule has 0 radical (unpaired) electrons. The lowest BCUT2D eigenvalue weighted by Gasteiger charge is -2.15. The van der Waals surface area contributed by atoms with E-state index in [0.29, 0.717) is 5.56 Å². The minimum atomic E-state index is -4.58. The fourth-order valence-corrected chi connectivity index (χ4v) is 1.45. The van der Waals surface area contributed by atoms with Gasteiger partial charge in [0.1, 0.15) is 0 Å². The van der Waals surface area contributed by atoms with Gasteiger partial charge in [0.2, 0.25) is 0 Å². The Balaban J connectivity index is 2.91. The average molecular weight is 290 g/mol. The number of nitrogens with two attached hydrogens (primary N) is 1. The number of ether oxygens (including phenoxy) is 1. The number of benzene rings is 1. The number of carbonyl (C=O) groups is 1. The standard InChI is InChI=1S/C13H17F3N2O2/c1-8(2)7-20-12(19)18-11-4-3-9(6-17)5-10(11)13(14,15)16/h3-5,8H,6-7,17H2,1-2H3,(H,18,19). The predicted octanol–water partition coefficient (Wildman–Crippen LogP) is 3.37. The minimum absolute atomic E-state index is 0.0127. The number of alkyl halides is 3. The molecule has 1 rings (SSSR count). The van der Waals surface area contributed by atoms with E-state index in [1.165, 1.54) is 12.1 Å². The zero-order chi connectivity index (χ0) is 15.3. The van der Waals surface area contributed by atoms with Crippen LogP contribution >= 0.6 is 0 Å². The molecule has 7 heteroatoms. The molecular formula is C13H17F3N2O2. The smallest absolute Gasteiger partial charge is 0.418 e. The lowest BCUT2D eigenvalue weighted by molar-refractivity contribution is -0.137. The largest absolute Gasteiger partial charge is 0.449 e. The highest BCUT2D eigenvalue weighted by Gasteiger charge is 2.34. The number of rotatable bonds is 4. The van der Waals surface area contributed by atoms with Crippen LogP contribution < -0.4 is 11.1 Å². The van der Waals surface area contributed by atoms with E-state index in [0.717, 1.165) is 6.07 Å². The monoisotopic (exact) mass is 290 g/mol. The Morgan fingerprint density at radius 3 is 2.55 bits per heavy atom. The molecule has 0 saturated heterocycles. The molecule has 0 aliphatic heterocycles. The first-order chi connectivity index (χ1) is 9.24. The summed E-state index contributed by atoms with van der Waals surface area (Å²) in [5, 5.41) is 2.10. The maximum absolute atomic E-state index is 12.9. The summed E-state index contributed by atoms with van der Waals surface area (Å²) in [6.07, 6.45) is -5.49. The number of amides is 1. The van der Waals surface area contributed by atoms with Crippen molar-refractivity contribution in [3.8, 4) is 0 Å². The highest BCUT2D eigenvalue weighted by atomic mass is 19.4. The van der Waals surface area contributed by atoms with Crippen LogP contribution in [0.4, 0.5) is 23.7 Å². The molecule has 0 spiro atoms. The van der Waals surface area contributed by atoms with Crippen LogP contribution in [0.3, 0.4) is 0 Å². The molecule has 1 aromatic rings. The highest BCUT2D eigenvalue weighted by Crippen LogP contribution is 2.35. The second kappa shape index (κ2) is 6.60. The van der Waals surface area contributed by atoms with Crippen molar-refractivity contribution in [1.82, 2.24) is 0 Å². The van der Waals surface area contributed by atoms with E-state index >= 15 is 0 Å². The lowest BCUT2D eigenvalue weighted by atomic mass is 10.1. The van der Waals surface area contributed by atoms with Crippen molar-refractivity contribution in [3.05, 3.63) is 29.3 Å². The fourth-order valence-electron chi connectivity index (χ4n) is 1.45. The Bertz CT molecular complexity index is 473. The third-order valence-electron chi connectivity index (χ3n) is 2.41. The van der Waals surface area contributed by atoms with E-state index in [-0.39, 0.29) is 24.8 Å². The molecule has 0 aliphatic carbocycles. The molecule has 3 N–H and O–H groups in total. The number of hydrogen-bond donors (Lipinski definition) is 2. The first-order valence-electron chi connectivity index (χ1n) is 6.08. The number of carbonyl (C=O) groups excluding carboxylic acids is 1. The van der Waals surface area contributed by atoms with E-state index in [1.807, 2.05) is 13.8 Å². The van der Waals surface area contributed by atoms with Gasteiger partial charge < -0.3 is 10.5 Å². The zero-order valence-corrected chi connectivity index (χ0v) is 11.3. The summed E-state index contributed by atoms with van der Waals surface area (Å²) in [7, 11) is 0. The fraction of sp³-hybridized carbons (Fsp3) is 0.462. The molecule has 0 atom stereocenters. The molecule has 0 bridgehead atoms. The van der Waals surface area contributed by atoms with Crippen molar-refractivity contribution >= 4 is 11.8 Å². The Labute approximate surface area is 115 Å². The van der Waals surface area contributed by atoms with E-state index < -0.39 is 17.8 Å². The van der Waals surface area contributed by atoms with E-state index in [4.69, 9.17) is 10.5 Å². The first-order valence-corrected chi connectivity index (χ1v) is 6.08. The van der Waals surface area contributed by atoms with Gasteiger partial charge in [0.05, 0.1) is 17.9 Å². The number of anilines is 1. The number of halogens is 3. The molecule has 4 nitrogen and oxygen atoms in total. The van der Waals surface area contributed by atoms with Crippen LogP contribution in [0.1, 0.15) is 25.0 Å². The lowest BCUT2D eigenvalue weighted by Crippen LogP contribution is -2.19. The molecule has 0 fully saturated rings. The van der Waals surface area contributed by atoms with Gasteiger partial charge in [-0.3, -0.25) is 5.32 Å². The maximum atomic E-state index is 12.9. The van der Waals surface area contributed by atoms with E-state index in [2.05, 4.69) is 5.32 Å². The molecule has 0 aliphatic rings. The molecule has 112 valence electrons. The predicted molar refractivity (Wildman–Crippen MR) is 69.1 cm³/mol. The molecule has 20 heavy (non-hydrogen) atoms. The summed E-state index contributed by atoms with van der Waals surface area (Å²) in [6.45, 7) is 3.77. The number of nitrogens with one attached hydrogen (secondary N) is 1. The summed E-state index contributed by atoms with van der Waals surface area (Å²) >= 11 is 0. The Morgan fingerprint density at radius 2 is 2.05 bits per heavy atom. The molecule has 0 saturated carbocycles. The summed E-state index contributed by atoms with van der Waals surface area (Å²) in [6, 6.07) is 3.51. The summed E-state index contributed by atoms with van der Waals surface area (Å²) in [5.41, 5.74) is 4.36. The Hall–Kier alpha value is -1.76. The van der Waals surface area contributed by atoms with Crippen LogP contribution in [0.5, 0.6) is 0 Å². The van der Waals surface area contributed by atoms with Crippen molar-refractivity contribution in [1.29, 1.82) is 0 Å². The molecule has 0 unspecified atom stereocenters. The van der Waals surface area contributed by atoms with Crippen molar-refractivity contribution in [2.75, 3.05) is 11.9 Å². The normalized spacial score (nSPS) is 11.6. The van der Waals surface area contributed by atoms with Gasteiger partial charge in [-0.2, -0.15) is 13.2 Å². The van der Waals surface area contributed by atoms with Crippen LogP contribution in [0, 0.1) is 5.92 Å². The Morgan fingerprint density at radius 1 is 1.40 bits per heavy atom. The summed E-state index contributed by atoms with van der Waals surface area (Å²) in [4.78, 5) is 11.4. The van der Waals surface area contributed by atoms with Crippen molar-refractivity contribution in [3.63, 3.8) is 0 Å². The maximum Gasteiger partial charge on any atom is 0.418 e. The van der Waals surface area contributed by atoms with Crippen molar-refractivity contribution in [2.24, 2.45) is 11.7 Å². The third kappa shape index (κ3) is 4.73. The van der Waals surface area contributed by atoms with Crippen LogP contribution in [0.2, 0.25) is 0 Å². The van der Waals surface area contributed by atoms with Gasteiger partial charge in [-0.1, -0.05) is 19.9 Å². The zero-order valence-electron chi connectivity index (χ0n) is 11.3. The van der Waals surface area contributed by atoms with Crippen molar-refractivity contribution < 1.29 is 22.7 Å². The topological polar surface area (TPSA) is 64.3 Å². The third-order valence-corrected chi connectivity index (χ3v) is 2.41. The average Bonchev–Trinajstić information content (AvgIpc) is 2.35. The highest BCUT2D eigenvalue weighted by molar-refractivity contribution is 5.85. The van der Waals surface area contributed by atoms with Gasteiger partial charge >= 0.3 is 12.3 Å². The molecule has 0 aromatic heterocycles. The van der Waals surface area contributed by atoms with Gasteiger partial charge in [0, 0.05) is 6.54 Å².